The molecule has 6 nitrogen and oxygen atoms in total. The Labute approximate surface area is 118 Å². The number of ether oxygens (including phenoxy) is 1. The van der Waals surface area contributed by atoms with Crippen LogP contribution >= 0.6 is 0 Å². The van der Waals surface area contributed by atoms with Gasteiger partial charge in [-0.25, -0.2) is 4.98 Å². The van der Waals surface area contributed by atoms with Gasteiger partial charge in [0, 0.05) is 5.92 Å². The number of amides is 1. The highest BCUT2D eigenvalue weighted by molar-refractivity contribution is 6.02. The normalized spacial score (nSPS) is 14.2. The van der Waals surface area contributed by atoms with Gasteiger partial charge < -0.3 is 10.1 Å². The Hall–Kier alpha value is -2.51. The Morgan fingerprint density at radius 3 is 2.86 bits per heavy atom. The molecule has 110 valence electrons. The highest BCUT2D eigenvalue weighted by Gasteiger charge is 2.28. The van der Waals surface area contributed by atoms with Crippen molar-refractivity contribution in [1.29, 1.82) is 0 Å². The second-order valence-electron chi connectivity index (χ2n) is 4.65. The van der Waals surface area contributed by atoms with Crippen molar-refractivity contribution in [1.82, 2.24) is 15.2 Å². The molecule has 2 aromatic rings. The van der Waals surface area contributed by atoms with Crippen LogP contribution < -0.4 is 10.1 Å². The molecule has 8 heteroatoms. The molecule has 3 rings (SSSR count). The molecule has 0 bridgehead atoms. The van der Waals surface area contributed by atoms with E-state index in [0.717, 1.165) is 12.8 Å². The average molecular weight is 294 g/mol. The van der Waals surface area contributed by atoms with Crippen LogP contribution in [0.1, 0.15) is 35.2 Å². The number of nitrogens with zero attached hydrogens (tertiary/aromatic N) is 2. The molecule has 0 aliphatic heterocycles. The van der Waals surface area contributed by atoms with E-state index in [2.05, 4.69) is 25.2 Å². The number of para-hydroxylation sites is 2. The third-order valence-electron chi connectivity index (χ3n) is 3.02. The molecule has 2 N–H and O–H groups in total. The number of benzene rings is 1. The van der Waals surface area contributed by atoms with Crippen molar-refractivity contribution < 1.29 is 18.3 Å². The summed E-state index contributed by atoms with van der Waals surface area (Å²) in [6.07, 6.45) is 2.06. The third kappa shape index (κ3) is 3.15. The number of anilines is 1. The van der Waals surface area contributed by atoms with Gasteiger partial charge >= 0.3 is 6.61 Å². The largest absolute Gasteiger partial charge is 0.433 e. The third-order valence-corrected chi connectivity index (χ3v) is 3.02. The molecule has 1 aliphatic carbocycles. The maximum Gasteiger partial charge on any atom is 0.387 e. The summed E-state index contributed by atoms with van der Waals surface area (Å²) in [5.74, 6) is 0.303. The minimum absolute atomic E-state index is 0.0243. The maximum absolute atomic E-state index is 12.3. The van der Waals surface area contributed by atoms with Crippen molar-refractivity contribution in [3.05, 3.63) is 35.9 Å². The maximum atomic E-state index is 12.3. The highest BCUT2D eigenvalue weighted by Crippen LogP contribution is 2.37. The van der Waals surface area contributed by atoms with Crippen molar-refractivity contribution >= 4 is 11.6 Å². The summed E-state index contributed by atoms with van der Waals surface area (Å²) in [7, 11) is 0. The fourth-order valence-electron chi connectivity index (χ4n) is 1.86. The van der Waals surface area contributed by atoms with Gasteiger partial charge in [0.15, 0.2) is 0 Å². The lowest BCUT2D eigenvalue weighted by atomic mass is 10.3. The molecule has 0 unspecified atom stereocenters. The number of carbonyl (C=O) groups excluding carboxylic acids is 1. The van der Waals surface area contributed by atoms with E-state index < -0.39 is 12.5 Å². The van der Waals surface area contributed by atoms with Crippen LogP contribution in [-0.4, -0.2) is 27.7 Å². The number of hydrogen-bond donors (Lipinski definition) is 2. The van der Waals surface area contributed by atoms with Gasteiger partial charge in [0.05, 0.1) is 5.69 Å². The monoisotopic (exact) mass is 294 g/mol. The molecular weight excluding hydrogens is 282 g/mol. The molecule has 21 heavy (non-hydrogen) atoms. The standard InChI is InChI=1S/C13H12F2N4O2/c14-13(15)21-9-4-2-1-3-8(9)16-12(20)11-17-10(18-19-11)7-5-6-7/h1-4,7,13H,5-6H2,(H,16,20)(H,17,18,19). The second kappa shape index (κ2) is 5.47. The van der Waals surface area contributed by atoms with Crippen molar-refractivity contribution in [2.24, 2.45) is 0 Å². The van der Waals surface area contributed by atoms with Crippen LogP contribution in [0.25, 0.3) is 0 Å². The Bertz CT molecular complexity index is 655. The van der Waals surface area contributed by atoms with Gasteiger partial charge in [0.2, 0.25) is 5.82 Å². The van der Waals surface area contributed by atoms with Crippen molar-refractivity contribution in [2.75, 3.05) is 5.32 Å². The Balaban J connectivity index is 1.74. The first kappa shape index (κ1) is 13.5. The molecule has 0 radical (unpaired) electrons. The Morgan fingerprint density at radius 2 is 2.14 bits per heavy atom. The van der Waals surface area contributed by atoms with Crippen LogP contribution in [0.4, 0.5) is 14.5 Å². The zero-order chi connectivity index (χ0) is 14.8. The van der Waals surface area contributed by atoms with Crippen LogP contribution in [0.2, 0.25) is 0 Å². The second-order valence-corrected chi connectivity index (χ2v) is 4.65. The van der Waals surface area contributed by atoms with E-state index in [1.165, 1.54) is 18.2 Å². The van der Waals surface area contributed by atoms with Gasteiger partial charge in [-0.2, -0.15) is 8.78 Å². The number of rotatable bonds is 5. The number of aromatic nitrogens is 3. The summed E-state index contributed by atoms with van der Waals surface area (Å²) in [5, 5.41) is 9.00. The molecule has 0 atom stereocenters. The zero-order valence-corrected chi connectivity index (χ0v) is 10.8. The molecule has 1 aromatic heterocycles. The Kier molecular flexibility index (Phi) is 3.51. The first-order valence-electron chi connectivity index (χ1n) is 6.41. The molecule has 1 aromatic carbocycles. The van der Waals surface area contributed by atoms with Gasteiger partial charge in [0.1, 0.15) is 11.6 Å². The molecule has 1 heterocycles. The van der Waals surface area contributed by atoms with Crippen molar-refractivity contribution in [3.63, 3.8) is 0 Å². The summed E-state index contributed by atoms with van der Waals surface area (Å²) in [5.41, 5.74) is 0.139. The predicted molar refractivity (Wildman–Crippen MR) is 69.4 cm³/mol. The van der Waals surface area contributed by atoms with E-state index in [1.807, 2.05) is 0 Å². The lowest BCUT2D eigenvalue weighted by Crippen LogP contribution is -2.15. The Morgan fingerprint density at radius 1 is 1.38 bits per heavy atom. The van der Waals surface area contributed by atoms with Crippen molar-refractivity contribution in [3.8, 4) is 5.75 Å². The lowest BCUT2D eigenvalue weighted by molar-refractivity contribution is -0.0493. The minimum Gasteiger partial charge on any atom is -0.433 e. The fraction of sp³-hybridized carbons (Fsp3) is 0.308. The molecule has 0 spiro atoms. The number of aromatic amines is 1. The van der Waals surface area contributed by atoms with Gasteiger partial charge in [-0.05, 0) is 25.0 Å². The predicted octanol–water partition coefficient (Wildman–Crippen LogP) is 2.54. The quantitative estimate of drug-likeness (QED) is 0.888. The number of hydrogen-bond acceptors (Lipinski definition) is 4. The highest BCUT2D eigenvalue weighted by atomic mass is 19.3. The summed E-state index contributed by atoms with van der Waals surface area (Å²) >= 11 is 0. The van der Waals surface area contributed by atoms with E-state index in [-0.39, 0.29) is 17.3 Å². The molecular formula is C13H12F2N4O2. The van der Waals surface area contributed by atoms with E-state index in [1.54, 1.807) is 6.07 Å². The minimum atomic E-state index is -2.96. The number of alkyl halides is 2. The molecule has 1 saturated carbocycles. The molecule has 1 amide bonds. The van der Waals surface area contributed by atoms with Gasteiger partial charge in [0.25, 0.3) is 5.91 Å². The smallest absolute Gasteiger partial charge is 0.387 e. The first-order valence-corrected chi connectivity index (χ1v) is 6.41. The SMILES string of the molecule is O=C(Nc1ccccc1OC(F)F)c1n[nH]c(C2CC2)n1. The number of halogens is 2. The van der Waals surface area contributed by atoms with E-state index in [9.17, 15) is 13.6 Å². The van der Waals surface area contributed by atoms with Gasteiger partial charge in [-0.1, -0.05) is 12.1 Å². The number of H-pyrrole nitrogens is 1. The summed E-state index contributed by atoms with van der Waals surface area (Å²) < 4.78 is 28.9. The van der Waals surface area contributed by atoms with Crippen molar-refractivity contribution in [2.45, 2.75) is 25.4 Å². The van der Waals surface area contributed by atoms with Gasteiger partial charge in [-0.15, -0.1) is 5.10 Å². The first-order chi connectivity index (χ1) is 10.1. The van der Waals surface area contributed by atoms with Crippen LogP contribution in [0.3, 0.4) is 0 Å². The average Bonchev–Trinajstić information content (AvgIpc) is 3.18. The zero-order valence-electron chi connectivity index (χ0n) is 10.8. The number of carbonyl (C=O) groups is 1. The van der Waals surface area contributed by atoms with E-state index in [4.69, 9.17) is 0 Å². The van der Waals surface area contributed by atoms with Crippen LogP contribution in [0.5, 0.6) is 5.75 Å². The molecule has 0 saturated heterocycles. The van der Waals surface area contributed by atoms with Crippen LogP contribution in [0.15, 0.2) is 24.3 Å². The summed E-state index contributed by atoms with van der Waals surface area (Å²) in [6.45, 7) is -2.96. The molecule has 1 aliphatic rings. The van der Waals surface area contributed by atoms with Gasteiger partial charge in [-0.3, -0.25) is 9.89 Å². The summed E-state index contributed by atoms with van der Waals surface area (Å²) in [4.78, 5) is 16.1. The van der Waals surface area contributed by atoms with E-state index >= 15 is 0 Å². The fourth-order valence-corrected chi connectivity index (χ4v) is 1.86. The lowest BCUT2D eigenvalue weighted by Gasteiger charge is -2.10. The van der Waals surface area contributed by atoms with E-state index in [0.29, 0.717) is 11.7 Å². The topological polar surface area (TPSA) is 79.9 Å². The number of nitrogens with one attached hydrogen (secondary N) is 2. The molecule has 1 fully saturated rings. The summed E-state index contributed by atoms with van der Waals surface area (Å²) in [6, 6.07) is 5.94. The van der Waals surface area contributed by atoms with Crippen LogP contribution in [0, 0.1) is 0 Å². The van der Waals surface area contributed by atoms with Crippen LogP contribution in [-0.2, 0) is 0 Å².